The van der Waals surface area contributed by atoms with Crippen molar-refractivity contribution in [2.45, 2.75) is 19.4 Å². The van der Waals surface area contributed by atoms with Gasteiger partial charge < -0.3 is 10.1 Å². The zero-order valence-electron chi connectivity index (χ0n) is 10.8. The molecule has 0 radical (unpaired) electrons. The lowest BCUT2D eigenvalue weighted by Gasteiger charge is -2.15. The number of aromatic nitrogens is 2. The summed E-state index contributed by atoms with van der Waals surface area (Å²) in [6, 6.07) is 3.41. The van der Waals surface area contributed by atoms with E-state index >= 15 is 0 Å². The van der Waals surface area contributed by atoms with E-state index in [-0.39, 0.29) is 12.0 Å². The summed E-state index contributed by atoms with van der Waals surface area (Å²) in [6.45, 7) is 2.07. The van der Waals surface area contributed by atoms with Crippen molar-refractivity contribution in [3.63, 3.8) is 0 Å². The maximum Gasteiger partial charge on any atom is 0.338 e. The van der Waals surface area contributed by atoms with Crippen LogP contribution in [0.2, 0.25) is 0 Å². The minimum atomic E-state index is -0.368. The van der Waals surface area contributed by atoms with Gasteiger partial charge in [-0.1, -0.05) is 6.92 Å². The molecule has 0 bridgehead atoms. The van der Waals surface area contributed by atoms with E-state index in [1.165, 1.54) is 7.11 Å². The van der Waals surface area contributed by atoms with Crippen LogP contribution in [0.1, 0.15) is 34.8 Å². The number of nitrogens with one attached hydrogen (secondary N) is 1. The molecule has 1 unspecified atom stereocenters. The highest BCUT2D eigenvalue weighted by Crippen LogP contribution is 2.23. The van der Waals surface area contributed by atoms with E-state index in [4.69, 9.17) is 4.74 Å². The van der Waals surface area contributed by atoms with Crippen LogP contribution in [-0.2, 0) is 4.74 Å². The van der Waals surface area contributed by atoms with Crippen molar-refractivity contribution in [2.75, 3.05) is 12.4 Å². The summed E-state index contributed by atoms with van der Waals surface area (Å²) in [5, 5.41) is 6.23. The second-order valence-corrected chi connectivity index (χ2v) is 4.82. The second-order valence-electron chi connectivity index (χ2n) is 3.90. The van der Waals surface area contributed by atoms with E-state index in [2.05, 4.69) is 22.2 Å². The maximum absolute atomic E-state index is 11.5. The molecule has 1 N–H and O–H groups in total. The first-order chi connectivity index (χ1) is 9.24. The quantitative estimate of drug-likeness (QED) is 0.851. The van der Waals surface area contributed by atoms with Crippen LogP contribution < -0.4 is 5.32 Å². The number of nitrogens with zero attached hydrogens (tertiary/aromatic N) is 2. The Kier molecular flexibility index (Phi) is 4.46. The molecule has 0 fully saturated rings. The molecule has 1 atom stereocenters. The highest BCUT2D eigenvalue weighted by Gasteiger charge is 2.13. The van der Waals surface area contributed by atoms with Crippen LogP contribution in [0.3, 0.4) is 0 Å². The molecule has 0 aromatic carbocycles. The van der Waals surface area contributed by atoms with Gasteiger partial charge in [0.1, 0.15) is 10.8 Å². The Labute approximate surface area is 115 Å². The Morgan fingerprint density at radius 3 is 2.95 bits per heavy atom. The fourth-order valence-corrected chi connectivity index (χ4v) is 2.45. The topological polar surface area (TPSA) is 64.1 Å². The molecule has 0 aliphatic carbocycles. The lowest BCUT2D eigenvalue weighted by molar-refractivity contribution is 0.0600. The number of rotatable bonds is 5. The predicted octanol–water partition coefficient (Wildman–Crippen LogP) is 2.89. The van der Waals surface area contributed by atoms with E-state index < -0.39 is 0 Å². The Bertz CT molecular complexity index is 543. The average Bonchev–Trinajstić information content (AvgIpc) is 2.98. The largest absolute Gasteiger partial charge is 0.465 e. The number of pyridine rings is 1. The number of thiazole rings is 1. The van der Waals surface area contributed by atoms with Crippen molar-refractivity contribution >= 4 is 23.1 Å². The molecule has 19 heavy (non-hydrogen) atoms. The summed E-state index contributed by atoms with van der Waals surface area (Å²) in [4.78, 5) is 20.0. The van der Waals surface area contributed by atoms with Gasteiger partial charge in [0.25, 0.3) is 0 Å². The summed E-state index contributed by atoms with van der Waals surface area (Å²) in [5.41, 5.74) is 0.481. The monoisotopic (exact) mass is 277 g/mol. The lowest BCUT2D eigenvalue weighted by Crippen LogP contribution is -2.11. The van der Waals surface area contributed by atoms with Crippen molar-refractivity contribution < 1.29 is 9.53 Å². The first kappa shape index (κ1) is 13.5. The minimum Gasteiger partial charge on any atom is -0.465 e. The smallest absolute Gasteiger partial charge is 0.338 e. The van der Waals surface area contributed by atoms with Gasteiger partial charge in [-0.25, -0.2) is 14.8 Å². The number of ether oxygens (including phenoxy) is 1. The molecule has 2 aromatic heterocycles. The molecule has 100 valence electrons. The standard InChI is InChI=1S/C13H15N3O2S/c1-3-10(12-15-6-7-19-12)16-11-8-9(4-5-14-11)13(17)18-2/h4-8,10H,3H2,1-2H3,(H,14,16). The lowest BCUT2D eigenvalue weighted by atomic mass is 10.2. The van der Waals surface area contributed by atoms with Crippen molar-refractivity contribution in [2.24, 2.45) is 0 Å². The molecule has 2 heterocycles. The van der Waals surface area contributed by atoms with Crippen LogP contribution in [-0.4, -0.2) is 23.0 Å². The van der Waals surface area contributed by atoms with Crippen molar-refractivity contribution in [1.82, 2.24) is 9.97 Å². The summed E-state index contributed by atoms with van der Waals surface area (Å²) >= 11 is 1.60. The number of anilines is 1. The van der Waals surface area contributed by atoms with Gasteiger partial charge in [-0.2, -0.15) is 0 Å². The molecule has 0 amide bonds. The number of esters is 1. The second kappa shape index (κ2) is 6.29. The van der Waals surface area contributed by atoms with Gasteiger partial charge in [-0.05, 0) is 18.6 Å². The van der Waals surface area contributed by atoms with Crippen molar-refractivity contribution in [3.8, 4) is 0 Å². The Balaban J connectivity index is 2.16. The summed E-state index contributed by atoms with van der Waals surface area (Å²) in [7, 11) is 1.36. The number of carbonyl (C=O) groups is 1. The average molecular weight is 277 g/mol. The van der Waals surface area contributed by atoms with Gasteiger partial charge in [-0.3, -0.25) is 0 Å². The Morgan fingerprint density at radius 1 is 1.47 bits per heavy atom. The van der Waals surface area contributed by atoms with Crippen LogP contribution in [0.25, 0.3) is 0 Å². The summed E-state index contributed by atoms with van der Waals surface area (Å²) in [5.74, 6) is 0.276. The number of hydrogen-bond acceptors (Lipinski definition) is 6. The van der Waals surface area contributed by atoms with Crippen LogP contribution in [0.15, 0.2) is 29.9 Å². The van der Waals surface area contributed by atoms with E-state index in [0.717, 1.165) is 11.4 Å². The van der Waals surface area contributed by atoms with Crippen molar-refractivity contribution in [3.05, 3.63) is 40.5 Å². The van der Waals surface area contributed by atoms with Crippen molar-refractivity contribution in [1.29, 1.82) is 0 Å². The predicted molar refractivity (Wildman–Crippen MR) is 74.3 cm³/mol. The summed E-state index contributed by atoms with van der Waals surface area (Å²) in [6.07, 6.45) is 4.25. The van der Waals surface area contributed by atoms with Gasteiger partial charge >= 0.3 is 5.97 Å². The maximum atomic E-state index is 11.5. The Hall–Kier alpha value is -1.95. The van der Waals surface area contributed by atoms with Crippen LogP contribution in [0.5, 0.6) is 0 Å². The SMILES string of the molecule is CCC(Nc1cc(C(=O)OC)ccn1)c1nccs1. The van der Waals surface area contributed by atoms with Gasteiger partial charge in [-0.15, -0.1) is 11.3 Å². The molecular weight excluding hydrogens is 262 g/mol. The van der Waals surface area contributed by atoms with Crippen LogP contribution in [0, 0.1) is 0 Å². The molecule has 0 saturated heterocycles. The first-order valence-electron chi connectivity index (χ1n) is 5.95. The summed E-state index contributed by atoms with van der Waals surface area (Å²) < 4.78 is 4.69. The number of methoxy groups -OCH3 is 1. The highest BCUT2D eigenvalue weighted by atomic mass is 32.1. The zero-order valence-corrected chi connectivity index (χ0v) is 11.6. The molecule has 6 heteroatoms. The van der Waals surface area contributed by atoms with E-state index in [1.807, 2.05) is 5.38 Å². The molecule has 0 saturated carbocycles. The third kappa shape index (κ3) is 3.29. The normalized spacial score (nSPS) is 11.9. The molecule has 0 aliphatic heterocycles. The molecule has 0 aliphatic rings. The van der Waals surface area contributed by atoms with Crippen LogP contribution >= 0.6 is 11.3 Å². The minimum absolute atomic E-state index is 0.0976. The molecule has 0 spiro atoms. The first-order valence-corrected chi connectivity index (χ1v) is 6.82. The highest BCUT2D eigenvalue weighted by molar-refractivity contribution is 7.09. The van der Waals surface area contributed by atoms with Gasteiger partial charge in [0.2, 0.25) is 0 Å². The fraction of sp³-hybridized carbons (Fsp3) is 0.308. The van der Waals surface area contributed by atoms with E-state index in [9.17, 15) is 4.79 Å². The third-order valence-corrected chi connectivity index (χ3v) is 3.55. The number of hydrogen-bond donors (Lipinski definition) is 1. The molecular formula is C13H15N3O2S. The Morgan fingerprint density at radius 2 is 2.32 bits per heavy atom. The molecule has 2 aromatic rings. The van der Waals surface area contributed by atoms with Gasteiger partial charge in [0, 0.05) is 17.8 Å². The van der Waals surface area contributed by atoms with Crippen LogP contribution in [0.4, 0.5) is 5.82 Å². The molecule has 2 rings (SSSR count). The van der Waals surface area contributed by atoms with E-state index in [1.54, 1.807) is 35.9 Å². The molecule has 5 nitrogen and oxygen atoms in total. The van der Waals surface area contributed by atoms with Gasteiger partial charge in [0.05, 0.1) is 18.7 Å². The zero-order chi connectivity index (χ0) is 13.7. The fourth-order valence-electron chi connectivity index (χ4n) is 1.68. The van der Waals surface area contributed by atoms with Gasteiger partial charge in [0.15, 0.2) is 0 Å². The van der Waals surface area contributed by atoms with E-state index in [0.29, 0.717) is 11.4 Å². The number of carbonyl (C=O) groups excluding carboxylic acids is 1. The third-order valence-electron chi connectivity index (χ3n) is 2.66.